The van der Waals surface area contributed by atoms with Gasteiger partial charge in [0, 0.05) is 19.8 Å². The topological polar surface area (TPSA) is 55.9 Å². The van der Waals surface area contributed by atoms with Crippen molar-refractivity contribution in [2.45, 2.75) is 91.5 Å². The summed E-state index contributed by atoms with van der Waals surface area (Å²) in [5.74, 6) is 0.338. The summed E-state index contributed by atoms with van der Waals surface area (Å²) in [6.45, 7) is 12.0. The summed E-state index contributed by atoms with van der Waals surface area (Å²) in [4.78, 5) is 24.2. The Morgan fingerprint density at radius 2 is 1.96 bits per heavy atom. The van der Waals surface area contributed by atoms with Crippen LogP contribution in [0.5, 0.6) is 0 Å². The number of esters is 1. The number of allylic oxidation sites excluding steroid dienone is 3. The molecule has 1 saturated heterocycles. The first-order chi connectivity index (χ1) is 12.1. The van der Waals surface area contributed by atoms with Gasteiger partial charge in [0.05, 0.1) is 5.60 Å². The van der Waals surface area contributed by atoms with Gasteiger partial charge in [-0.3, -0.25) is 9.59 Å². The van der Waals surface area contributed by atoms with Crippen LogP contribution in [0.3, 0.4) is 0 Å². The molecule has 3 rings (SSSR count). The number of carbonyl (C=O) groups is 2. The molecule has 0 aromatic rings. The SMILES string of the molecule is CC(=O)O[C@H]1C/C(C)=C\C[C@]2(C)CC(=O)C(=C(C)C)[C@H]2CC[C@]2(C)O[C@@H]12. The average Bonchev–Trinajstić information content (AvgIpc) is 3.11. The fourth-order valence-electron chi connectivity index (χ4n) is 5.05. The molecule has 0 aromatic heterocycles. The van der Waals surface area contributed by atoms with Crippen LogP contribution in [-0.2, 0) is 19.1 Å². The number of carbonyl (C=O) groups excluding carboxylic acids is 2. The first kappa shape index (κ1) is 19.3. The predicted molar refractivity (Wildman–Crippen MR) is 101 cm³/mol. The predicted octanol–water partition coefficient (Wildman–Crippen LogP) is 4.53. The fraction of sp³-hybridized carbons (Fsp3) is 0.727. The summed E-state index contributed by atoms with van der Waals surface area (Å²) >= 11 is 0. The number of hydrogen-bond acceptors (Lipinski definition) is 4. The number of Topliss-reactive ketones (excluding diaryl/α,β-unsaturated/α-hetero) is 1. The first-order valence-corrected chi connectivity index (χ1v) is 9.77. The summed E-state index contributed by atoms with van der Waals surface area (Å²) in [5, 5.41) is 0. The quantitative estimate of drug-likeness (QED) is 0.298. The molecule has 4 nitrogen and oxygen atoms in total. The van der Waals surface area contributed by atoms with Gasteiger partial charge in [0.2, 0.25) is 0 Å². The largest absolute Gasteiger partial charge is 0.459 e. The minimum atomic E-state index is -0.260. The maximum Gasteiger partial charge on any atom is 0.303 e. The summed E-state index contributed by atoms with van der Waals surface area (Å²) in [5.41, 5.74) is 3.09. The molecule has 0 aromatic carbocycles. The van der Waals surface area contributed by atoms with Gasteiger partial charge < -0.3 is 9.47 Å². The van der Waals surface area contributed by atoms with E-state index in [-0.39, 0.29) is 35.1 Å². The molecule has 144 valence electrons. The first-order valence-electron chi connectivity index (χ1n) is 9.77. The number of ketones is 1. The minimum absolute atomic E-state index is 0.0348. The normalized spacial score (nSPS) is 42.1. The van der Waals surface area contributed by atoms with E-state index in [0.29, 0.717) is 18.6 Å². The third-order valence-electron chi connectivity index (χ3n) is 6.56. The Bertz CT molecular complexity index is 684. The number of ether oxygens (including phenoxy) is 2. The number of fused-ring (bicyclic) bond motifs is 2. The molecule has 5 atom stereocenters. The van der Waals surface area contributed by atoms with Gasteiger partial charge in [-0.1, -0.05) is 24.1 Å². The minimum Gasteiger partial charge on any atom is -0.459 e. The van der Waals surface area contributed by atoms with Gasteiger partial charge in [0.15, 0.2) is 5.78 Å². The van der Waals surface area contributed by atoms with E-state index in [2.05, 4.69) is 40.7 Å². The van der Waals surface area contributed by atoms with Gasteiger partial charge in [-0.15, -0.1) is 0 Å². The summed E-state index contributed by atoms with van der Waals surface area (Å²) in [6.07, 6.45) is 6.01. The van der Waals surface area contributed by atoms with Crippen molar-refractivity contribution in [2.24, 2.45) is 11.3 Å². The highest BCUT2D eigenvalue weighted by Crippen LogP contribution is 2.54. The molecule has 0 N–H and O–H groups in total. The van der Waals surface area contributed by atoms with Crippen LogP contribution in [0.4, 0.5) is 0 Å². The highest BCUT2D eigenvalue weighted by atomic mass is 16.6. The lowest BCUT2D eigenvalue weighted by Gasteiger charge is -2.31. The van der Waals surface area contributed by atoms with Crippen molar-refractivity contribution in [3.05, 3.63) is 22.8 Å². The standard InChI is InChI=1S/C22H32O4/c1-13(2)19-16-8-10-22(6)20(26-22)18(25-15(4)23)11-14(3)7-9-21(16,5)12-17(19)24/h7,16,18,20H,8-12H2,1-6H3/b14-7-/t16-,18+,20+,21-,22+/m1/s1. The Labute approximate surface area is 157 Å². The molecule has 1 saturated carbocycles. The van der Waals surface area contributed by atoms with Crippen LogP contribution < -0.4 is 0 Å². The highest BCUT2D eigenvalue weighted by Gasteiger charge is 2.58. The molecule has 26 heavy (non-hydrogen) atoms. The summed E-state index contributed by atoms with van der Waals surface area (Å²) < 4.78 is 11.6. The maximum atomic E-state index is 12.7. The van der Waals surface area contributed by atoms with Crippen LogP contribution >= 0.6 is 0 Å². The van der Waals surface area contributed by atoms with E-state index in [4.69, 9.17) is 9.47 Å². The van der Waals surface area contributed by atoms with Gasteiger partial charge in [0.25, 0.3) is 0 Å². The lowest BCUT2D eigenvalue weighted by molar-refractivity contribution is -0.147. The second kappa shape index (κ2) is 6.63. The van der Waals surface area contributed by atoms with Gasteiger partial charge in [-0.25, -0.2) is 0 Å². The van der Waals surface area contributed by atoms with Crippen LogP contribution in [0.2, 0.25) is 0 Å². The zero-order valence-corrected chi connectivity index (χ0v) is 17.0. The zero-order chi connectivity index (χ0) is 19.3. The van der Waals surface area contributed by atoms with E-state index >= 15 is 0 Å². The molecule has 0 spiro atoms. The Kier molecular flexibility index (Phi) is 4.93. The molecular weight excluding hydrogens is 328 g/mol. The van der Waals surface area contributed by atoms with Crippen molar-refractivity contribution >= 4 is 11.8 Å². The molecule has 4 heteroatoms. The Morgan fingerprint density at radius 3 is 2.58 bits per heavy atom. The molecule has 2 aliphatic carbocycles. The van der Waals surface area contributed by atoms with Gasteiger partial charge in [-0.2, -0.15) is 0 Å². The van der Waals surface area contributed by atoms with Gasteiger partial charge in [0.1, 0.15) is 12.2 Å². The molecule has 0 radical (unpaired) electrons. The average molecular weight is 360 g/mol. The maximum absolute atomic E-state index is 12.7. The van der Waals surface area contributed by atoms with E-state index in [1.807, 2.05) is 0 Å². The lowest BCUT2D eigenvalue weighted by Crippen LogP contribution is -2.28. The smallest absolute Gasteiger partial charge is 0.303 e. The molecule has 0 amide bonds. The van der Waals surface area contributed by atoms with E-state index in [1.54, 1.807) is 0 Å². The van der Waals surface area contributed by atoms with Gasteiger partial charge in [-0.05, 0) is 63.9 Å². The summed E-state index contributed by atoms with van der Waals surface area (Å²) in [7, 11) is 0. The van der Waals surface area contributed by atoms with Crippen molar-refractivity contribution in [3.8, 4) is 0 Å². The van der Waals surface area contributed by atoms with Crippen LogP contribution in [0.25, 0.3) is 0 Å². The van der Waals surface area contributed by atoms with Crippen molar-refractivity contribution in [3.63, 3.8) is 0 Å². The molecule has 1 heterocycles. The van der Waals surface area contributed by atoms with E-state index in [0.717, 1.165) is 30.4 Å². The van der Waals surface area contributed by atoms with Crippen LogP contribution in [-0.4, -0.2) is 29.6 Å². The van der Waals surface area contributed by atoms with Crippen LogP contribution in [0, 0.1) is 11.3 Å². The molecular formula is C22H32O4. The Balaban J connectivity index is 1.93. The van der Waals surface area contributed by atoms with Gasteiger partial charge >= 0.3 is 5.97 Å². The van der Waals surface area contributed by atoms with Crippen molar-refractivity contribution in [1.29, 1.82) is 0 Å². The Morgan fingerprint density at radius 1 is 1.27 bits per heavy atom. The third kappa shape index (κ3) is 3.53. The Hall–Kier alpha value is -1.42. The number of epoxide rings is 1. The molecule has 0 bridgehead atoms. The molecule has 1 aliphatic heterocycles. The number of rotatable bonds is 1. The van der Waals surface area contributed by atoms with Crippen molar-refractivity contribution < 1.29 is 19.1 Å². The van der Waals surface area contributed by atoms with E-state index in [1.165, 1.54) is 12.5 Å². The van der Waals surface area contributed by atoms with E-state index in [9.17, 15) is 9.59 Å². The second-order valence-corrected chi connectivity index (χ2v) is 9.22. The lowest BCUT2D eigenvalue weighted by atomic mass is 9.72. The molecule has 3 aliphatic rings. The van der Waals surface area contributed by atoms with Crippen LogP contribution in [0.1, 0.15) is 73.6 Å². The van der Waals surface area contributed by atoms with Crippen LogP contribution in [0.15, 0.2) is 22.8 Å². The fourth-order valence-corrected chi connectivity index (χ4v) is 5.05. The molecule has 0 unspecified atom stereocenters. The monoisotopic (exact) mass is 360 g/mol. The molecule has 2 fully saturated rings. The zero-order valence-electron chi connectivity index (χ0n) is 17.0. The third-order valence-corrected chi connectivity index (χ3v) is 6.56. The van der Waals surface area contributed by atoms with Crippen molar-refractivity contribution in [2.75, 3.05) is 0 Å². The summed E-state index contributed by atoms with van der Waals surface area (Å²) in [6, 6.07) is 0. The van der Waals surface area contributed by atoms with Crippen molar-refractivity contribution in [1.82, 2.24) is 0 Å². The highest BCUT2D eigenvalue weighted by molar-refractivity contribution is 5.99. The second-order valence-electron chi connectivity index (χ2n) is 9.22. The van der Waals surface area contributed by atoms with E-state index < -0.39 is 0 Å². The number of hydrogen-bond donors (Lipinski definition) is 0.